The van der Waals surface area contributed by atoms with Crippen LogP contribution in [0.1, 0.15) is 24.5 Å². The lowest BCUT2D eigenvalue weighted by atomic mass is 10.1. The first-order chi connectivity index (χ1) is 9.22. The van der Waals surface area contributed by atoms with Crippen molar-refractivity contribution in [1.82, 2.24) is 0 Å². The Morgan fingerprint density at radius 2 is 1.84 bits per heavy atom. The topological polar surface area (TPSA) is 9.23 Å². The van der Waals surface area contributed by atoms with E-state index in [1.165, 1.54) is 5.56 Å². The molecule has 2 aromatic rings. The van der Waals surface area contributed by atoms with Crippen molar-refractivity contribution in [3.05, 3.63) is 58.1 Å². The molecule has 2 aromatic carbocycles. The molecule has 0 radical (unpaired) electrons. The number of benzene rings is 2. The van der Waals surface area contributed by atoms with Crippen LogP contribution in [0.3, 0.4) is 0 Å². The van der Waals surface area contributed by atoms with Crippen molar-refractivity contribution in [3.8, 4) is 11.5 Å². The molecule has 19 heavy (non-hydrogen) atoms. The molecule has 3 heteroatoms. The summed E-state index contributed by atoms with van der Waals surface area (Å²) in [5, 5.41) is 0. The molecule has 0 aliphatic rings. The molecule has 0 unspecified atom stereocenters. The third-order valence-electron chi connectivity index (χ3n) is 2.86. The van der Waals surface area contributed by atoms with Gasteiger partial charge in [0.25, 0.3) is 0 Å². The number of ether oxygens (including phenoxy) is 1. The second kappa shape index (κ2) is 6.97. The van der Waals surface area contributed by atoms with Gasteiger partial charge in [-0.05, 0) is 36.2 Å². The SMILES string of the molecule is CCCc1ccc(Oc2cc(Br)ccc2CCl)cc1. The normalized spacial score (nSPS) is 10.5. The standard InChI is InChI=1S/C16H16BrClO/c1-2-3-12-4-8-15(9-5-12)19-16-10-14(17)7-6-13(16)11-18/h4-10H,2-3,11H2,1H3. The summed E-state index contributed by atoms with van der Waals surface area (Å²) < 4.78 is 6.89. The monoisotopic (exact) mass is 338 g/mol. The molecule has 0 bridgehead atoms. The van der Waals surface area contributed by atoms with Gasteiger partial charge in [-0.2, -0.15) is 0 Å². The molecule has 0 N–H and O–H groups in total. The van der Waals surface area contributed by atoms with E-state index in [-0.39, 0.29) is 0 Å². The predicted molar refractivity (Wildman–Crippen MR) is 84.2 cm³/mol. The van der Waals surface area contributed by atoms with Gasteiger partial charge in [-0.3, -0.25) is 0 Å². The molecule has 0 fully saturated rings. The second-order valence-corrected chi connectivity index (χ2v) is 5.56. The predicted octanol–water partition coefficient (Wildman–Crippen LogP) is 5.93. The molecule has 0 atom stereocenters. The maximum Gasteiger partial charge on any atom is 0.132 e. The maximum atomic E-state index is 5.92. The van der Waals surface area contributed by atoms with Crippen molar-refractivity contribution < 1.29 is 4.74 Å². The summed E-state index contributed by atoms with van der Waals surface area (Å²) in [6.45, 7) is 2.18. The Labute approximate surface area is 127 Å². The zero-order chi connectivity index (χ0) is 13.7. The molecule has 0 heterocycles. The van der Waals surface area contributed by atoms with E-state index in [1.54, 1.807) is 0 Å². The Bertz CT molecular complexity index is 537. The summed E-state index contributed by atoms with van der Waals surface area (Å²) in [7, 11) is 0. The average Bonchev–Trinajstić information content (AvgIpc) is 2.42. The highest BCUT2D eigenvalue weighted by atomic mass is 79.9. The first kappa shape index (κ1) is 14.4. The number of rotatable bonds is 5. The minimum Gasteiger partial charge on any atom is -0.457 e. The van der Waals surface area contributed by atoms with Gasteiger partial charge in [0.15, 0.2) is 0 Å². The summed E-state index contributed by atoms with van der Waals surface area (Å²) in [5.41, 5.74) is 2.32. The van der Waals surface area contributed by atoms with Gasteiger partial charge >= 0.3 is 0 Å². The number of alkyl halides is 1. The van der Waals surface area contributed by atoms with E-state index in [0.717, 1.165) is 34.4 Å². The smallest absolute Gasteiger partial charge is 0.132 e. The fraction of sp³-hybridized carbons (Fsp3) is 0.250. The Hall–Kier alpha value is -0.990. The summed E-state index contributed by atoms with van der Waals surface area (Å²) in [4.78, 5) is 0. The van der Waals surface area contributed by atoms with E-state index in [9.17, 15) is 0 Å². The molecule has 0 saturated heterocycles. The highest BCUT2D eigenvalue weighted by Gasteiger charge is 2.05. The minimum absolute atomic E-state index is 0.441. The largest absolute Gasteiger partial charge is 0.457 e. The quantitative estimate of drug-likeness (QED) is 0.613. The number of hydrogen-bond acceptors (Lipinski definition) is 1. The van der Waals surface area contributed by atoms with Crippen LogP contribution in [-0.4, -0.2) is 0 Å². The van der Waals surface area contributed by atoms with Gasteiger partial charge in [-0.15, -0.1) is 11.6 Å². The van der Waals surface area contributed by atoms with Crippen LogP contribution in [-0.2, 0) is 12.3 Å². The first-order valence-corrected chi connectivity index (χ1v) is 7.67. The van der Waals surface area contributed by atoms with Gasteiger partial charge in [0.2, 0.25) is 0 Å². The average molecular weight is 340 g/mol. The molecule has 0 aliphatic heterocycles. The highest BCUT2D eigenvalue weighted by molar-refractivity contribution is 9.10. The van der Waals surface area contributed by atoms with Gasteiger partial charge in [-0.25, -0.2) is 0 Å². The zero-order valence-electron chi connectivity index (χ0n) is 10.8. The third kappa shape index (κ3) is 3.99. The number of halogens is 2. The van der Waals surface area contributed by atoms with E-state index in [1.807, 2.05) is 30.3 Å². The van der Waals surface area contributed by atoms with E-state index in [2.05, 4.69) is 35.0 Å². The van der Waals surface area contributed by atoms with Crippen LogP contribution < -0.4 is 4.74 Å². The first-order valence-electron chi connectivity index (χ1n) is 6.34. The maximum absolute atomic E-state index is 5.92. The number of aryl methyl sites for hydroxylation is 1. The minimum atomic E-state index is 0.441. The van der Waals surface area contributed by atoms with Crippen LogP contribution in [0.4, 0.5) is 0 Å². The molecule has 2 rings (SSSR count). The molecule has 0 spiro atoms. The van der Waals surface area contributed by atoms with Gasteiger partial charge in [0, 0.05) is 10.0 Å². The van der Waals surface area contributed by atoms with E-state index in [4.69, 9.17) is 16.3 Å². The van der Waals surface area contributed by atoms with Crippen LogP contribution in [0.25, 0.3) is 0 Å². The van der Waals surface area contributed by atoms with E-state index in [0.29, 0.717) is 5.88 Å². The van der Waals surface area contributed by atoms with E-state index >= 15 is 0 Å². The lowest BCUT2D eigenvalue weighted by molar-refractivity contribution is 0.478. The zero-order valence-corrected chi connectivity index (χ0v) is 13.2. The van der Waals surface area contributed by atoms with Crippen molar-refractivity contribution in [3.63, 3.8) is 0 Å². The Morgan fingerprint density at radius 1 is 1.11 bits per heavy atom. The lowest BCUT2D eigenvalue weighted by Gasteiger charge is -2.10. The van der Waals surface area contributed by atoms with Crippen molar-refractivity contribution in [2.45, 2.75) is 25.6 Å². The third-order valence-corrected chi connectivity index (χ3v) is 3.64. The van der Waals surface area contributed by atoms with Crippen LogP contribution in [0.15, 0.2) is 46.9 Å². The van der Waals surface area contributed by atoms with Crippen LogP contribution in [0.2, 0.25) is 0 Å². The summed E-state index contributed by atoms with van der Waals surface area (Å²) in [6.07, 6.45) is 2.26. The van der Waals surface area contributed by atoms with Gasteiger partial charge in [0.05, 0.1) is 5.88 Å². The Morgan fingerprint density at radius 3 is 2.47 bits per heavy atom. The van der Waals surface area contributed by atoms with Gasteiger partial charge in [-0.1, -0.05) is 47.5 Å². The van der Waals surface area contributed by atoms with Gasteiger partial charge in [0.1, 0.15) is 11.5 Å². The molecular formula is C16H16BrClO. The molecule has 0 aliphatic carbocycles. The van der Waals surface area contributed by atoms with Crippen molar-refractivity contribution in [1.29, 1.82) is 0 Å². The molecule has 0 aromatic heterocycles. The van der Waals surface area contributed by atoms with Crippen molar-refractivity contribution in [2.75, 3.05) is 0 Å². The molecule has 0 saturated carbocycles. The van der Waals surface area contributed by atoms with Crippen LogP contribution >= 0.6 is 27.5 Å². The van der Waals surface area contributed by atoms with Crippen LogP contribution in [0.5, 0.6) is 11.5 Å². The fourth-order valence-corrected chi connectivity index (χ4v) is 2.43. The molecule has 1 nitrogen and oxygen atoms in total. The summed E-state index contributed by atoms with van der Waals surface area (Å²) in [6, 6.07) is 14.1. The molecular weight excluding hydrogens is 324 g/mol. The Kier molecular flexibility index (Phi) is 5.29. The van der Waals surface area contributed by atoms with Crippen molar-refractivity contribution >= 4 is 27.5 Å². The Balaban J connectivity index is 2.18. The lowest BCUT2D eigenvalue weighted by Crippen LogP contribution is -1.90. The van der Waals surface area contributed by atoms with Crippen LogP contribution in [0, 0.1) is 0 Å². The van der Waals surface area contributed by atoms with E-state index < -0.39 is 0 Å². The van der Waals surface area contributed by atoms with Gasteiger partial charge < -0.3 is 4.74 Å². The fourth-order valence-electron chi connectivity index (χ4n) is 1.87. The summed E-state index contributed by atoms with van der Waals surface area (Å²) in [5.74, 6) is 2.08. The van der Waals surface area contributed by atoms with Crippen molar-refractivity contribution in [2.24, 2.45) is 0 Å². The highest BCUT2D eigenvalue weighted by Crippen LogP contribution is 2.29. The second-order valence-electron chi connectivity index (χ2n) is 4.38. The summed E-state index contributed by atoms with van der Waals surface area (Å²) >= 11 is 9.37. The molecule has 100 valence electrons. The molecule has 0 amide bonds. The number of hydrogen-bond donors (Lipinski definition) is 0.